The highest BCUT2D eigenvalue weighted by molar-refractivity contribution is 6.33. The van der Waals surface area contributed by atoms with Gasteiger partial charge in [-0.15, -0.1) is 0 Å². The predicted octanol–water partition coefficient (Wildman–Crippen LogP) is 4.08. The Balaban J connectivity index is 2.21. The van der Waals surface area contributed by atoms with Crippen LogP contribution in [0.3, 0.4) is 0 Å². The van der Waals surface area contributed by atoms with Crippen molar-refractivity contribution in [2.45, 2.75) is 6.61 Å². The van der Waals surface area contributed by atoms with E-state index in [0.29, 0.717) is 0 Å². The number of hydrogen-bond donors (Lipinski definition) is 1. The number of ether oxygens (including phenoxy) is 2. The van der Waals surface area contributed by atoms with Gasteiger partial charge in [-0.1, -0.05) is 29.3 Å². The number of anilines is 1. The van der Waals surface area contributed by atoms with E-state index in [9.17, 15) is 9.18 Å². The Morgan fingerprint density at radius 2 is 2.00 bits per heavy atom. The van der Waals surface area contributed by atoms with Crippen LogP contribution in [-0.4, -0.2) is 13.1 Å². The maximum absolute atomic E-state index is 13.6. The smallest absolute Gasteiger partial charge is 0.342 e. The van der Waals surface area contributed by atoms with Gasteiger partial charge < -0.3 is 15.2 Å². The Hall–Kier alpha value is -1.98. The molecule has 0 aliphatic rings. The minimum Gasteiger partial charge on any atom is -0.496 e. The van der Waals surface area contributed by atoms with E-state index in [2.05, 4.69) is 0 Å². The van der Waals surface area contributed by atoms with Gasteiger partial charge >= 0.3 is 5.97 Å². The first kappa shape index (κ1) is 16.4. The molecular weight excluding hydrogens is 332 g/mol. The van der Waals surface area contributed by atoms with Crippen LogP contribution in [0.5, 0.6) is 5.75 Å². The molecule has 0 radical (unpaired) electrons. The molecule has 2 rings (SSSR count). The summed E-state index contributed by atoms with van der Waals surface area (Å²) in [4.78, 5) is 12.1. The Morgan fingerprint density at radius 1 is 1.27 bits per heavy atom. The summed E-state index contributed by atoms with van der Waals surface area (Å²) >= 11 is 11.8. The second-order valence-electron chi connectivity index (χ2n) is 4.35. The SMILES string of the molecule is COc1cc(N)c(Cl)cc1C(=O)OCc1c(F)cccc1Cl. The van der Waals surface area contributed by atoms with Crippen LogP contribution in [0, 0.1) is 5.82 Å². The van der Waals surface area contributed by atoms with E-state index in [4.69, 9.17) is 38.4 Å². The van der Waals surface area contributed by atoms with Crippen LogP contribution in [0.15, 0.2) is 30.3 Å². The number of hydrogen-bond acceptors (Lipinski definition) is 4. The monoisotopic (exact) mass is 343 g/mol. The molecule has 2 aromatic rings. The van der Waals surface area contributed by atoms with Crippen molar-refractivity contribution in [3.8, 4) is 5.75 Å². The van der Waals surface area contributed by atoms with Crippen LogP contribution >= 0.6 is 23.2 Å². The second kappa shape index (κ2) is 6.85. The highest BCUT2D eigenvalue weighted by Crippen LogP contribution is 2.30. The second-order valence-corrected chi connectivity index (χ2v) is 5.16. The third-order valence-electron chi connectivity index (χ3n) is 2.95. The fourth-order valence-electron chi connectivity index (χ4n) is 1.78. The maximum Gasteiger partial charge on any atom is 0.342 e. The largest absolute Gasteiger partial charge is 0.496 e. The van der Waals surface area contributed by atoms with E-state index in [1.165, 1.54) is 37.4 Å². The third-order valence-corrected chi connectivity index (χ3v) is 3.63. The van der Waals surface area contributed by atoms with Gasteiger partial charge in [0.25, 0.3) is 0 Å². The lowest BCUT2D eigenvalue weighted by Crippen LogP contribution is -2.09. The van der Waals surface area contributed by atoms with Crippen molar-refractivity contribution in [3.63, 3.8) is 0 Å². The molecule has 0 unspecified atom stereocenters. The summed E-state index contributed by atoms with van der Waals surface area (Å²) in [6, 6.07) is 6.95. The number of nitrogen functional groups attached to an aromatic ring is 1. The van der Waals surface area contributed by atoms with E-state index in [1.807, 2.05) is 0 Å². The van der Waals surface area contributed by atoms with E-state index >= 15 is 0 Å². The maximum atomic E-state index is 13.6. The Kier molecular flexibility index (Phi) is 5.11. The molecule has 2 aromatic carbocycles. The summed E-state index contributed by atoms with van der Waals surface area (Å²) in [5.41, 5.74) is 6.10. The molecule has 0 saturated carbocycles. The number of benzene rings is 2. The van der Waals surface area contributed by atoms with Crippen LogP contribution in [0.1, 0.15) is 15.9 Å². The number of carbonyl (C=O) groups excluding carboxylic acids is 1. The van der Waals surface area contributed by atoms with Gasteiger partial charge in [-0.25, -0.2) is 9.18 Å². The number of methoxy groups -OCH3 is 1. The van der Waals surface area contributed by atoms with Crippen molar-refractivity contribution in [2.24, 2.45) is 0 Å². The Morgan fingerprint density at radius 3 is 2.64 bits per heavy atom. The molecule has 0 atom stereocenters. The summed E-state index contributed by atoms with van der Waals surface area (Å²) in [5, 5.41) is 0.367. The van der Waals surface area contributed by atoms with Gasteiger partial charge in [0.05, 0.1) is 22.8 Å². The quantitative estimate of drug-likeness (QED) is 0.671. The highest BCUT2D eigenvalue weighted by Gasteiger charge is 2.18. The van der Waals surface area contributed by atoms with Crippen molar-refractivity contribution in [2.75, 3.05) is 12.8 Å². The average Bonchev–Trinajstić information content (AvgIpc) is 2.48. The van der Waals surface area contributed by atoms with Crippen LogP contribution in [0.4, 0.5) is 10.1 Å². The van der Waals surface area contributed by atoms with Gasteiger partial charge in [0.2, 0.25) is 0 Å². The number of esters is 1. The van der Waals surface area contributed by atoms with Crippen LogP contribution in [0.2, 0.25) is 10.0 Å². The zero-order valence-electron chi connectivity index (χ0n) is 11.5. The molecule has 2 N–H and O–H groups in total. The molecule has 0 aliphatic carbocycles. The summed E-state index contributed by atoms with van der Waals surface area (Å²) in [5.74, 6) is -1.06. The molecule has 0 fully saturated rings. The van der Waals surface area contributed by atoms with E-state index in [0.717, 1.165) is 0 Å². The van der Waals surface area contributed by atoms with Gasteiger partial charge in [0.15, 0.2) is 0 Å². The zero-order chi connectivity index (χ0) is 16.3. The van der Waals surface area contributed by atoms with Gasteiger partial charge in [-0.2, -0.15) is 0 Å². The van der Waals surface area contributed by atoms with Crippen molar-refractivity contribution in [3.05, 3.63) is 57.3 Å². The highest BCUT2D eigenvalue weighted by atomic mass is 35.5. The lowest BCUT2D eigenvalue weighted by Gasteiger charge is -2.11. The molecule has 4 nitrogen and oxygen atoms in total. The lowest BCUT2D eigenvalue weighted by molar-refractivity contribution is 0.0465. The molecule has 0 heterocycles. The molecule has 7 heteroatoms. The van der Waals surface area contributed by atoms with Crippen molar-refractivity contribution >= 4 is 34.9 Å². The van der Waals surface area contributed by atoms with Gasteiger partial charge in [-0.3, -0.25) is 0 Å². The summed E-state index contributed by atoms with van der Waals surface area (Å²) < 4.78 is 23.8. The number of rotatable bonds is 4. The Labute approximate surface area is 136 Å². The standard InChI is InChI=1S/C15H12Cl2FNO3/c1-21-14-6-13(19)11(17)5-8(14)15(20)22-7-9-10(16)3-2-4-12(9)18/h2-6H,7,19H2,1H3. The van der Waals surface area contributed by atoms with Crippen LogP contribution in [0.25, 0.3) is 0 Å². The fourth-order valence-corrected chi connectivity index (χ4v) is 2.16. The van der Waals surface area contributed by atoms with Gasteiger partial charge in [0.1, 0.15) is 23.7 Å². The fraction of sp³-hybridized carbons (Fsp3) is 0.133. The number of carbonyl (C=O) groups is 1. The summed E-state index contributed by atoms with van der Waals surface area (Å²) in [7, 11) is 1.38. The van der Waals surface area contributed by atoms with E-state index < -0.39 is 11.8 Å². The predicted molar refractivity (Wildman–Crippen MR) is 82.9 cm³/mol. The molecule has 0 aromatic heterocycles. The normalized spacial score (nSPS) is 10.4. The van der Waals surface area contributed by atoms with Crippen molar-refractivity contribution < 1.29 is 18.7 Å². The third kappa shape index (κ3) is 3.43. The topological polar surface area (TPSA) is 61.5 Å². The molecule has 0 saturated heterocycles. The van der Waals surface area contributed by atoms with E-state index in [-0.39, 0.29) is 39.2 Å². The van der Waals surface area contributed by atoms with Crippen LogP contribution in [-0.2, 0) is 11.3 Å². The van der Waals surface area contributed by atoms with Gasteiger partial charge in [-0.05, 0) is 18.2 Å². The summed E-state index contributed by atoms with van der Waals surface area (Å²) in [6.07, 6.45) is 0. The molecule has 0 amide bonds. The molecule has 0 bridgehead atoms. The molecule has 0 spiro atoms. The van der Waals surface area contributed by atoms with Gasteiger partial charge in [0, 0.05) is 11.6 Å². The van der Waals surface area contributed by atoms with E-state index in [1.54, 1.807) is 0 Å². The molecule has 116 valence electrons. The first-order valence-electron chi connectivity index (χ1n) is 6.17. The number of nitrogens with two attached hydrogens (primary N) is 1. The van der Waals surface area contributed by atoms with Crippen LogP contribution < -0.4 is 10.5 Å². The first-order valence-corrected chi connectivity index (χ1v) is 6.92. The molecule has 22 heavy (non-hydrogen) atoms. The zero-order valence-corrected chi connectivity index (χ0v) is 13.0. The molecular formula is C15H12Cl2FNO3. The summed E-state index contributed by atoms with van der Waals surface area (Å²) in [6.45, 7) is -0.310. The minimum atomic E-state index is -0.724. The number of halogens is 3. The molecule has 0 aliphatic heterocycles. The van der Waals surface area contributed by atoms with Crippen molar-refractivity contribution in [1.82, 2.24) is 0 Å². The average molecular weight is 344 g/mol. The van der Waals surface area contributed by atoms with Crippen molar-refractivity contribution in [1.29, 1.82) is 0 Å². The minimum absolute atomic E-state index is 0.0918. The first-order chi connectivity index (χ1) is 10.4. The Bertz CT molecular complexity index is 702. The lowest BCUT2D eigenvalue weighted by atomic mass is 10.1.